The van der Waals surface area contributed by atoms with E-state index in [1.165, 1.54) is 101 Å². The maximum Gasteiger partial charge on any atom is 0.0466 e. The van der Waals surface area contributed by atoms with Gasteiger partial charge in [-0.15, -0.1) is 0 Å². The van der Waals surface area contributed by atoms with Gasteiger partial charge >= 0.3 is 0 Å². The summed E-state index contributed by atoms with van der Waals surface area (Å²) in [4.78, 5) is 0. The first-order valence-electron chi connectivity index (χ1n) is 14.1. The predicted molar refractivity (Wildman–Crippen MR) is 145 cm³/mol. The van der Waals surface area contributed by atoms with Gasteiger partial charge in [0.25, 0.3) is 0 Å². The van der Waals surface area contributed by atoms with Crippen molar-refractivity contribution < 1.29 is 4.74 Å². The van der Waals surface area contributed by atoms with Crippen LogP contribution in [0.2, 0.25) is 0 Å². The highest BCUT2D eigenvalue weighted by Gasteiger charge is 2.01. The fourth-order valence-electron chi connectivity index (χ4n) is 4.85. The maximum atomic E-state index is 5.86. The first-order chi connectivity index (χ1) is 16.3. The molecule has 0 aromatic heterocycles. The minimum Gasteiger partial charge on any atom is -0.381 e. The van der Waals surface area contributed by atoms with Crippen LogP contribution in [0.25, 0.3) is 0 Å². The zero-order valence-corrected chi connectivity index (χ0v) is 21.8. The molecule has 0 saturated carbocycles. The lowest BCUT2D eigenvalue weighted by Gasteiger charge is -2.08. The highest BCUT2D eigenvalue weighted by atomic mass is 16.5. The van der Waals surface area contributed by atoms with Gasteiger partial charge in [-0.1, -0.05) is 114 Å². The highest BCUT2D eigenvalue weighted by molar-refractivity contribution is 5.27. The van der Waals surface area contributed by atoms with E-state index in [-0.39, 0.29) is 0 Å². The number of aryl methyl sites for hydroxylation is 4. The van der Waals surface area contributed by atoms with Crippen molar-refractivity contribution in [2.45, 2.75) is 117 Å². The Morgan fingerprint density at radius 3 is 1.15 bits per heavy atom. The topological polar surface area (TPSA) is 9.23 Å². The summed E-state index contributed by atoms with van der Waals surface area (Å²) in [6.45, 7) is 6.44. The largest absolute Gasteiger partial charge is 0.381 e. The quantitative estimate of drug-likeness (QED) is 0.183. The molecule has 0 N–H and O–H groups in total. The summed E-state index contributed by atoms with van der Waals surface area (Å²) in [6, 6.07) is 17.9. The second-order valence-electron chi connectivity index (χ2n) is 9.60. The lowest BCUT2D eigenvalue weighted by atomic mass is 9.99. The number of benzene rings is 2. The minimum atomic E-state index is 0.959. The molecule has 0 amide bonds. The van der Waals surface area contributed by atoms with Gasteiger partial charge in [-0.3, -0.25) is 0 Å². The number of unbranched alkanes of at least 4 members (excludes halogenated alkanes) is 10. The van der Waals surface area contributed by atoms with Gasteiger partial charge in [-0.25, -0.2) is 0 Å². The monoisotopic (exact) mass is 450 g/mol. The Kier molecular flexibility index (Phi) is 15.7. The summed E-state index contributed by atoms with van der Waals surface area (Å²) in [5.41, 5.74) is 6.18. The average molecular weight is 451 g/mol. The van der Waals surface area contributed by atoms with Crippen LogP contribution < -0.4 is 0 Å². The Hall–Kier alpha value is -1.60. The van der Waals surface area contributed by atoms with Gasteiger partial charge in [0.2, 0.25) is 0 Å². The number of hydrogen-bond acceptors (Lipinski definition) is 1. The molecule has 2 aromatic carbocycles. The molecule has 0 atom stereocenters. The van der Waals surface area contributed by atoms with Gasteiger partial charge < -0.3 is 4.74 Å². The Labute approximate surface area is 205 Å². The molecule has 1 nitrogen and oxygen atoms in total. The van der Waals surface area contributed by atoms with Crippen LogP contribution in [0.3, 0.4) is 0 Å². The lowest BCUT2D eigenvalue weighted by Crippen LogP contribution is -1.97. The molecule has 184 valence electrons. The zero-order chi connectivity index (χ0) is 23.4. The molecule has 33 heavy (non-hydrogen) atoms. The second kappa shape index (κ2) is 18.8. The van der Waals surface area contributed by atoms with Crippen LogP contribution >= 0.6 is 0 Å². The standard InChI is InChI=1S/C32H50O/c1-3-29-21-15-17-25-31(29)23-13-9-5-7-11-19-27-33-28-20-12-8-6-10-14-24-32-26-18-16-22-30(32)4-2/h15-18,21-22,25-26H,3-14,19-20,23-24,27-28H2,1-2H3. The number of hydrogen-bond donors (Lipinski definition) is 0. The Morgan fingerprint density at radius 1 is 0.424 bits per heavy atom. The van der Waals surface area contributed by atoms with Crippen LogP contribution in [0.1, 0.15) is 113 Å². The molecule has 0 saturated heterocycles. The lowest BCUT2D eigenvalue weighted by molar-refractivity contribution is 0.125. The molecular formula is C32H50O. The van der Waals surface area contributed by atoms with Crippen molar-refractivity contribution in [2.75, 3.05) is 13.2 Å². The van der Waals surface area contributed by atoms with Crippen molar-refractivity contribution in [1.82, 2.24) is 0 Å². The third-order valence-corrected chi connectivity index (χ3v) is 6.97. The van der Waals surface area contributed by atoms with Gasteiger partial charge in [0.15, 0.2) is 0 Å². The minimum absolute atomic E-state index is 0.959. The fraction of sp³-hybridized carbons (Fsp3) is 0.625. The molecular weight excluding hydrogens is 400 g/mol. The molecule has 0 aliphatic carbocycles. The van der Waals surface area contributed by atoms with Crippen LogP contribution in [-0.4, -0.2) is 13.2 Å². The van der Waals surface area contributed by atoms with Crippen molar-refractivity contribution in [3.05, 3.63) is 70.8 Å². The first-order valence-corrected chi connectivity index (χ1v) is 14.1. The smallest absolute Gasteiger partial charge is 0.0466 e. The highest BCUT2D eigenvalue weighted by Crippen LogP contribution is 2.16. The molecule has 1 heteroatoms. The van der Waals surface area contributed by atoms with E-state index in [9.17, 15) is 0 Å². The average Bonchev–Trinajstić information content (AvgIpc) is 2.86. The Balaban J connectivity index is 1.30. The molecule has 0 radical (unpaired) electrons. The maximum absolute atomic E-state index is 5.86. The van der Waals surface area contributed by atoms with Gasteiger partial charge in [0.05, 0.1) is 0 Å². The summed E-state index contributed by atoms with van der Waals surface area (Å²) in [5.74, 6) is 0. The molecule has 0 aliphatic heterocycles. The van der Waals surface area contributed by atoms with Crippen molar-refractivity contribution >= 4 is 0 Å². The zero-order valence-electron chi connectivity index (χ0n) is 21.8. The molecule has 0 aliphatic rings. The summed E-state index contributed by atoms with van der Waals surface area (Å²) in [5, 5.41) is 0. The van der Waals surface area contributed by atoms with Gasteiger partial charge in [0.1, 0.15) is 0 Å². The summed E-state index contributed by atoms with van der Waals surface area (Å²) in [6.07, 6.45) is 20.8. The van der Waals surface area contributed by atoms with Gasteiger partial charge in [-0.2, -0.15) is 0 Å². The van der Waals surface area contributed by atoms with E-state index in [4.69, 9.17) is 4.74 Å². The third-order valence-electron chi connectivity index (χ3n) is 6.97. The molecule has 2 aromatic rings. The molecule has 0 fully saturated rings. The predicted octanol–water partition coefficient (Wildman–Crippen LogP) is 9.29. The van der Waals surface area contributed by atoms with Crippen LogP contribution in [-0.2, 0) is 30.4 Å². The molecule has 0 heterocycles. The Morgan fingerprint density at radius 2 is 0.758 bits per heavy atom. The summed E-state index contributed by atoms with van der Waals surface area (Å²) in [7, 11) is 0. The van der Waals surface area contributed by atoms with Crippen molar-refractivity contribution in [2.24, 2.45) is 0 Å². The second-order valence-corrected chi connectivity index (χ2v) is 9.60. The number of rotatable bonds is 20. The first kappa shape index (κ1) is 27.6. The van der Waals surface area contributed by atoms with Crippen molar-refractivity contribution in [3.8, 4) is 0 Å². The summed E-state index contributed by atoms with van der Waals surface area (Å²) >= 11 is 0. The molecule has 0 spiro atoms. The van der Waals surface area contributed by atoms with E-state index in [2.05, 4.69) is 62.4 Å². The van der Waals surface area contributed by atoms with Gasteiger partial charge in [-0.05, 0) is 73.6 Å². The number of ether oxygens (including phenoxy) is 1. The molecule has 0 unspecified atom stereocenters. The van der Waals surface area contributed by atoms with E-state index in [0.29, 0.717) is 0 Å². The van der Waals surface area contributed by atoms with Crippen LogP contribution in [0.5, 0.6) is 0 Å². The molecule has 2 rings (SSSR count). The Bertz CT molecular complexity index is 658. The van der Waals surface area contributed by atoms with E-state index in [0.717, 1.165) is 26.1 Å². The van der Waals surface area contributed by atoms with E-state index in [1.54, 1.807) is 11.1 Å². The summed E-state index contributed by atoms with van der Waals surface area (Å²) < 4.78 is 5.86. The normalized spacial score (nSPS) is 11.2. The fourth-order valence-corrected chi connectivity index (χ4v) is 4.85. The van der Waals surface area contributed by atoms with Crippen LogP contribution in [0, 0.1) is 0 Å². The third kappa shape index (κ3) is 12.4. The van der Waals surface area contributed by atoms with Crippen LogP contribution in [0.4, 0.5) is 0 Å². The SMILES string of the molecule is CCc1ccccc1CCCCCCCCOCCCCCCCCc1ccccc1CC. The van der Waals surface area contributed by atoms with Crippen molar-refractivity contribution in [1.29, 1.82) is 0 Å². The van der Waals surface area contributed by atoms with Gasteiger partial charge in [0, 0.05) is 13.2 Å². The molecule has 0 bridgehead atoms. The van der Waals surface area contributed by atoms with Crippen molar-refractivity contribution in [3.63, 3.8) is 0 Å². The van der Waals surface area contributed by atoms with E-state index < -0.39 is 0 Å². The van der Waals surface area contributed by atoms with E-state index in [1.807, 2.05) is 0 Å². The van der Waals surface area contributed by atoms with E-state index >= 15 is 0 Å². The van der Waals surface area contributed by atoms with Crippen LogP contribution in [0.15, 0.2) is 48.5 Å².